The summed E-state index contributed by atoms with van der Waals surface area (Å²) < 4.78 is 10.5. The summed E-state index contributed by atoms with van der Waals surface area (Å²) in [6.07, 6.45) is 4.01. The van der Waals surface area contributed by atoms with E-state index >= 15 is 0 Å². The van der Waals surface area contributed by atoms with E-state index in [-0.39, 0.29) is 11.9 Å². The number of urea groups is 1. The smallest absolute Gasteiger partial charge is 0.329 e. The highest BCUT2D eigenvalue weighted by Gasteiger charge is 2.40. The standard InChI is InChI=1S/C19H27N7O3/c1-12-7-24(9-16-20-13(2)29-23-16)8-15(12)18-21-17-10-25(11-26(17)19(27)22-18)14-3-5-28-6-4-14/h10,12,14-15H,3-9,11H2,1-2H3,(H,21,22,27). The number of hydrogen-bond acceptors (Lipinski definition) is 8. The number of nitrogens with one attached hydrogen (secondary N) is 1. The third kappa shape index (κ3) is 3.62. The highest BCUT2D eigenvalue weighted by Crippen LogP contribution is 2.30. The molecular formula is C19H27N7O3. The van der Waals surface area contributed by atoms with Crippen molar-refractivity contribution in [3.63, 3.8) is 0 Å². The lowest BCUT2D eigenvalue weighted by Gasteiger charge is -2.32. The van der Waals surface area contributed by atoms with Crippen LogP contribution in [-0.4, -0.2) is 75.7 Å². The van der Waals surface area contributed by atoms with E-state index in [1.54, 1.807) is 11.8 Å². The lowest BCUT2D eigenvalue weighted by Crippen LogP contribution is -2.50. The van der Waals surface area contributed by atoms with Gasteiger partial charge in [-0.3, -0.25) is 15.1 Å². The zero-order valence-corrected chi connectivity index (χ0v) is 16.9. The topological polar surface area (TPSA) is 99.3 Å². The van der Waals surface area contributed by atoms with Crippen molar-refractivity contribution < 1.29 is 14.1 Å². The molecule has 10 heteroatoms. The number of rotatable bonds is 4. The van der Waals surface area contributed by atoms with Crippen molar-refractivity contribution in [3.05, 3.63) is 23.7 Å². The van der Waals surface area contributed by atoms with E-state index in [0.717, 1.165) is 50.8 Å². The van der Waals surface area contributed by atoms with Crippen LogP contribution in [0.2, 0.25) is 0 Å². The maximum absolute atomic E-state index is 12.7. The fraction of sp³-hybridized carbons (Fsp3) is 0.684. The summed E-state index contributed by atoms with van der Waals surface area (Å²) in [6.45, 7) is 8.47. The third-order valence-corrected chi connectivity index (χ3v) is 6.21. The third-order valence-electron chi connectivity index (χ3n) is 6.21. The van der Waals surface area contributed by atoms with E-state index in [1.165, 1.54) is 0 Å². The predicted molar refractivity (Wildman–Crippen MR) is 103 cm³/mol. The summed E-state index contributed by atoms with van der Waals surface area (Å²) in [5.41, 5.74) is 0. The number of aryl methyl sites for hydroxylation is 1. The van der Waals surface area contributed by atoms with Crippen LogP contribution in [0.4, 0.5) is 4.79 Å². The molecule has 2 unspecified atom stereocenters. The first-order chi connectivity index (χ1) is 14.1. The van der Waals surface area contributed by atoms with Crippen LogP contribution in [-0.2, 0) is 11.3 Å². The van der Waals surface area contributed by atoms with Gasteiger partial charge in [0.1, 0.15) is 12.5 Å². The molecule has 0 aromatic carbocycles. The van der Waals surface area contributed by atoms with Gasteiger partial charge >= 0.3 is 6.03 Å². The minimum Gasteiger partial charge on any atom is -0.381 e. The molecule has 1 aromatic rings. The number of aliphatic imine (C=N–C) groups is 1. The molecule has 4 aliphatic rings. The summed E-state index contributed by atoms with van der Waals surface area (Å²) in [5.74, 6) is 3.34. The maximum atomic E-state index is 12.7. The van der Waals surface area contributed by atoms with Gasteiger partial charge in [-0.1, -0.05) is 12.1 Å². The van der Waals surface area contributed by atoms with Crippen LogP contribution in [0.3, 0.4) is 0 Å². The molecule has 0 aliphatic carbocycles. The molecule has 5 rings (SSSR count). The first-order valence-corrected chi connectivity index (χ1v) is 10.3. The Morgan fingerprint density at radius 1 is 1.28 bits per heavy atom. The van der Waals surface area contributed by atoms with Crippen LogP contribution in [0.15, 0.2) is 21.5 Å². The fourth-order valence-corrected chi connectivity index (χ4v) is 4.65. The molecular weight excluding hydrogens is 374 g/mol. The van der Waals surface area contributed by atoms with Gasteiger partial charge in [0.25, 0.3) is 0 Å². The summed E-state index contributed by atoms with van der Waals surface area (Å²) in [6, 6.07) is 0.322. The van der Waals surface area contributed by atoms with E-state index in [9.17, 15) is 4.79 Å². The molecule has 2 saturated heterocycles. The summed E-state index contributed by atoms with van der Waals surface area (Å²) in [7, 11) is 0. The first-order valence-electron chi connectivity index (χ1n) is 10.3. The Labute approximate surface area is 169 Å². The van der Waals surface area contributed by atoms with Crippen molar-refractivity contribution >= 4 is 11.9 Å². The van der Waals surface area contributed by atoms with Crippen LogP contribution in [0.1, 0.15) is 31.5 Å². The molecule has 29 heavy (non-hydrogen) atoms. The van der Waals surface area contributed by atoms with Crippen molar-refractivity contribution in [2.75, 3.05) is 33.0 Å². The minimum absolute atomic E-state index is 0.0877. The van der Waals surface area contributed by atoms with Crippen LogP contribution in [0.5, 0.6) is 0 Å². The summed E-state index contributed by atoms with van der Waals surface area (Å²) in [5, 5.41) is 7.03. The molecule has 0 saturated carbocycles. The van der Waals surface area contributed by atoms with Gasteiger partial charge in [0.05, 0.1) is 6.54 Å². The zero-order valence-electron chi connectivity index (χ0n) is 16.9. The Morgan fingerprint density at radius 2 is 2.10 bits per heavy atom. The van der Waals surface area contributed by atoms with Gasteiger partial charge in [0.15, 0.2) is 11.6 Å². The van der Waals surface area contributed by atoms with E-state index in [2.05, 4.69) is 32.2 Å². The maximum Gasteiger partial charge on any atom is 0.329 e. The number of hydrogen-bond donors (Lipinski definition) is 1. The average molecular weight is 401 g/mol. The Morgan fingerprint density at radius 3 is 2.86 bits per heavy atom. The van der Waals surface area contributed by atoms with E-state index in [4.69, 9.17) is 14.3 Å². The molecule has 2 atom stereocenters. The second-order valence-corrected chi connectivity index (χ2v) is 8.35. The molecule has 10 nitrogen and oxygen atoms in total. The summed E-state index contributed by atoms with van der Waals surface area (Å²) in [4.78, 5) is 28.1. The van der Waals surface area contributed by atoms with Crippen LogP contribution < -0.4 is 5.32 Å². The molecule has 4 aliphatic heterocycles. The van der Waals surface area contributed by atoms with Gasteiger partial charge < -0.3 is 14.2 Å². The quantitative estimate of drug-likeness (QED) is 0.807. The predicted octanol–water partition coefficient (Wildman–Crippen LogP) is 1.12. The van der Waals surface area contributed by atoms with Crippen LogP contribution in [0.25, 0.3) is 0 Å². The van der Waals surface area contributed by atoms with Crippen molar-refractivity contribution in [2.24, 2.45) is 16.8 Å². The van der Waals surface area contributed by atoms with Crippen LogP contribution in [0, 0.1) is 18.8 Å². The molecule has 5 heterocycles. The molecule has 0 bridgehead atoms. The Balaban J connectivity index is 1.29. The molecule has 0 spiro atoms. The van der Waals surface area contributed by atoms with Crippen molar-refractivity contribution in [1.29, 1.82) is 0 Å². The monoisotopic (exact) mass is 401 g/mol. The number of carbonyl (C=O) groups excluding carboxylic acids is 1. The van der Waals surface area contributed by atoms with Gasteiger partial charge in [-0.2, -0.15) is 4.98 Å². The van der Waals surface area contributed by atoms with Crippen molar-refractivity contribution in [2.45, 2.75) is 39.3 Å². The van der Waals surface area contributed by atoms with Gasteiger partial charge in [-0.15, -0.1) is 0 Å². The van der Waals surface area contributed by atoms with Crippen molar-refractivity contribution in [1.82, 2.24) is 30.2 Å². The number of fused-ring (bicyclic) bond motifs is 1. The highest BCUT2D eigenvalue weighted by atomic mass is 16.5. The van der Waals surface area contributed by atoms with E-state index in [1.807, 2.05) is 6.20 Å². The van der Waals surface area contributed by atoms with E-state index in [0.29, 0.717) is 36.9 Å². The molecule has 2 amide bonds. The number of amidine groups is 1. The largest absolute Gasteiger partial charge is 0.381 e. The van der Waals surface area contributed by atoms with Crippen molar-refractivity contribution in [3.8, 4) is 0 Å². The Hall–Kier alpha value is -2.46. The molecule has 1 aromatic heterocycles. The molecule has 156 valence electrons. The highest BCUT2D eigenvalue weighted by molar-refractivity contribution is 6.02. The number of likely N-dealkylation sites (tertiary alicyclic amines) is 1. The number of ether oxygens (including phenoxy) is 1. The lowest BCUT2D eigenvalue weighted by molar-refractivity contribution is 0.0459. The zero-order chi connectivity index (χ0) is 20.0. The van der Waals surface area contributed by atoms with E-state index < -0.39 is 0 Å². The second-order valence-electron chi connectivity index (χ2n) is 8.35. The number of aromatic nitrogens is 2. The van der Waals surface area contributed by atoms with Gasteiger partial charge in [0, 0.05) is 51.4 Å². The normalized spacial score (nSPS) is 28.4. The second kappa shape index (κ2) is 7.42. The Bertz CT molecular complexity index is 845. The van der Waals surface area contributed by atoms with Crippen LogP contribution >= 0.6 is 0 Å². The average Bonchev–Trinajstić information content (AvgIpc) is 3.41. The number of amides is 2. The van der Waals surface area contributed by atoms with Gasteiger partial charge in [-0.05, 0) is 18.8 Å². The van der Waals surface area contributed by atoms with Gasteiger partial charge in [0.2, 0.25) is 5.89 Å². The number of nitrogens with zero attached hydrogens (tertiary/aromatic N) is 6. The summed E-state index contributed by atoms with van der Waals surface area (Å²) >= 11 is 0. The SMILES string of the molecule is Cc1nc(CN2CC(C)C(C3=NC4=CN(C5CCOCC5)CN4C(=O)N3)C2)no1. The molecule has 1 N–H and O–H groups in total. The molecule has 2 fully saturated rings. The Kier molecular flexibility index (Phi) is 4.75. The number of carbonyl (C=O) groups is 1. The fourth-order valence-electron chi connectivity index (χ4n) is 4.65. The minimum atomic E-state index is -0.0877. The van der Waals surface area contributed by atoms with Gasteiger partial charge in [-0.25, -0.2) is 9.79 Å². The lowest BCUT2D eigenvalue weighted by atomic mass is 9.96. The molecule has 0 radical (unpaired) electrons. The first kappa shape index (κ1) is 18.6.